The van der Waals surface area contributed by atoms with Crippen molar-refractivity contribution in [1.29, 1.82) is 0 Å². The number of ether oxygens (including phenoxy) is 1. The van der Waals surface area contributed by atoms with Crippen molar-refractivity contribution in [2.45, 2.75) is 19.3 Å². The van der Waals surface area contributed by atoms with Crippen molar-refractivity contribution < 1.29 is 27.8 Å². The molecule has 2 aromatic carbocycles. The van der Waals surface area contributed by atoms with Gasteiger partial charge >= 0.3 is 6.18 Å². The maximum atomic E-state index is 13.3. The summed E-state index contributed by atoms with van der Waals surface area (Å²) in [7, 11) is 0. The molecule has 0 radical (unpaired) electrons. The molecule has 1 saturated heterocycles. The molecule has 0 spiro atoms. The predicted molar refractivity (Wildman–Crippen MR) is 132 cm³/mol. The van der Waals surface area contributed by atoms with Crippen molar-refractivity contribution in [2.75, 3.05) is 26.3 Å². The summed E-state index contributed by atoms with van der Waals surface area (Å²) < 4.78 is 45.2. The Morgan fingerprint density at radius 3 is 2.62 bits per heavy atom. The highest BCUT2D eigenvalue weighted by molar-refractivity contribution is 6.03. The van der Waals surface area contributed by atoms with E-state index in [1.165, 1.54) is 18.2 Å². The first-order valence-electron chi connectivity index (χ1n) is 11.8. The van der Waals surface area contributed by atoms with Gasteiger partial charge in [0.2, 0.25) is 0 Å². The van der Waals surface area contributed by atoms with Crippen molar-refractivity contribution in [3.05, 3.63) is 83.0 Å². The zero-order chi connectivity index (χ0) is 26.0. The number of hydrogen-bond acceptors (Lipinski definition) is 5. The van der Waals surface area contributed by atoms with Crippen molar-refractivity contribution in [2.24, 2.45) is 0 Å². The van der Waals surface area contributed by atoms with Gasteiger partial charge in [0.15, 0.2) is 5.88 Å². The number of hydrogen-bond donors (Lipinski definition) is 3. The molecule has 0 atom stereocenters. The van der Waals surface area contributed by atoms with Crippen molar-refractivity contribution in [3.63, 3.8) is 0 Å². The highest BCUT2D eigenvalue weighted by Gasteiger charge is 2.32. The van der Waals surface area contributed by atoms with Crippen LogP contribution in [0.3, 0.4) is 0 Å². The molecule has 5 rings (SSSR count). The second kappa shape index (κ2) is 10.2. The average molecular weight is 511 g/mol. The van der Waals surface area contributed by atoms with Crippen LogP contribution < -0.4 is 5.32 Å². The van der Waals surface area contributed by atoms with Gasteiger partial charge in [-0.2, -0.15) is 13.2 Å². The van der Waals surface area contributed by atoms with E-state index in [-0.39, 0.29) is 23.6 Å². The Labute approximate surface area is 210 Å². The van der Waals surface area contributed by atoms with E-state index < -0.39 is 17.6 Å². The van der Waals surface area contributed by atoms with Crippen LogP contribution >= 0.6 is 0 Å². The number of nitrogens with zero attached hydrogens (tertiary/aromatic N) is 2. The summed E-state index contributed by atoms with van der Waals surface area (Å²) in [6, 6.07) is 13.7. The summed E-state index contributed by atoms with van der Waals surface area (Å²) in [5.74, 6) is -0.612. The molecule has 0 unspecified atom stereocenters. The van der Waals surface area contributed by atoms with Crippen molar-refractivity contribution in [1.82, 2.24) is 20.2 Å². The van der Waals surface area contributed by atoms with Crippen LogP contribution in [0.25, 0.3) is 22.2 Å². The molecule has 2 aromatic heterocycles. The fourth-order valence-corrected chi connectivity index (χ4v) is 4.49. The molecule has 1 aliphatic heterocycles. The molecule has 37 heavy (non-hydrogen) atoms. The zero-order valence-corrected chi connectivity index (χ0v) is 19.8. The predicted octanol–water partition coefficient (Wildman–Crippen LogP) is 4.72. The number of aromatic nitrogens is 2. The van der Waals surface area contributed by atoms with E-state index in [1.54, 1.807) is 24.4 Å². The smallest absolute Gasteiger partial charge is 0.416 e. The average Bonchev–Trinajstić information content (AvgIpc) is 3.23. The Morgan fingerprint density at radius 2 is 1.89 bits per heavy atom. The van der Waals surface area contributed by atoms with Gasteiger partial charge in [-0.25, -0.2) is 0 Å². The van der Waals surface area contributed by atoms with Crippen LogP contribution in [0, 0.1) is 0 Å². The molecule has 1 amide bonds. The van der Waals surface area contributed by atoms with Crippen LogP contribution in [0.4, 0.5) is 13.2 Å². The SMILES string of the molecule is O=C(NCc1ccccc1C(F)(F)F)c1ccc2[nH]c(O)c(-c3ccc(CN4CCOCC4)cn3)c2c1. The van der Waals surface area contributed by atoms with E-state index in [4.69, 9.17) is 4.74 Å². The van der Waals surface area contributed by atoms with Gasteiger partial charge in [0.1, 0.15) is 0 Å². The maximum absolute atomic E-state index is 13.3. The van der Waals surface area contributed by atoms with Gasteiger partial charge in [-0.15, -0.1) is 0 Å². The number of pyridine rings is 1. The minimum absolute atomic E-state index is 0.0224. The second-order valence-electron chi connectivity index (χ2n) is 8.89. The van der Waals surface area contributed by atoms with Gasteiger partial charge < -0.3 is 20.1 Å². The number of carbonyl (C=O) groups is 1. The minimum Gasteiger partial charge on any atom is -0.494 e. The summed E-state index contributed by atoms with van der Waals surface area (Å²) in [5.41, 5.74) is 2.06. The fourth-order valence-electron chi connectivity index (χ4n) is 4.49. The summed E-state index contributed by atoms with van der Waals surface area (Å²) in [4.78, 5) is 22.5. The monoisotopic (exact) mass is 510 g/mol. The van der Waals surface area contributed by atoms with Gasteiger partial charge in [-0.3, -0.25) is 14.7 Å². The number of rotatable bonds is 6. The lowest BCUT2D eigenvalue weighted by Crippen LogP contribution is -2.35. The molecule has 1 aliphatic rings. The topological polar surface area (TPSA) is 90.5 Å². The summed E-state index contributed by atoms with van der Waals surface area (Å²) in [5, 5.41) is 13.7. The lowest BCUT2D eigenvalue weighted by Gasteiger charge is -2.26. The number of nitrogens with one attached hydrogen (secondary N) is 2. The number of fused-ring (bicyclic) bond motifs is 1. The van der Waals surface area contributed by atoms with Gasteiger partial charge in [0.25, 0.3) is 5.91 Å². The highest BCUT2D eigenvalue weighted by Crippen LogP contribution is 2.36. The first-order valence-corrected chi connectivity index (χ1v) is 11.8. The van der Waals surface area contributed by atoms with E-state index in [0.29, 0.717) is 35.4 Å². The fraction of sp³-hybridized carbons (Fsp3) is 0.259. The molecule has 1 fully saturated rings. The van der Waals surface area contributed by atoms with Gasteiger partial charge in [0, 0.05) is 48.8 Å². The van der Waals surface area contributed by atoms with Crippen LogP contribution in [0.2, 0.25) is 0 Å². The number of H-pyrrole nitrogens is 1. The Morgan fingerprint density at radius 1 is 1.11 bits per heavy atom. The largest absolute Gasteiger partial charge is 0.494 e. The number of morpholine rings is 1. The highest BCUT2D eigenvalue weighted by atomic mass is 19.4. The molecule has 3 N–H and O–H groups in total. The van der Waals surface area contributed by atoms with Crippen LogP contribution in [0.5, 0.6) is 5.88 Å². The first kappa shape index (κ1) is 24.8. The Balaban J connectivity index is 1.36. The van der Waals surface area contributed by atoms with Crippen molar-refractivity contribution in [3.8, 4) is 17.1 Å². The number of halogens is 3. The zero-order valence-electron chi connectivity index (χ0n) is 19.8. The number of amides is 1. The Bertz CT molecular complexity index is 1410. The Hall–Kier alpha value is -3.89. The van der Waals surface area contributed by atoms with Crippen molar-refractivity contribution >= 4 is 16.8 Å². The normalized spacial score (nSPS) is 14.7. The van der Waals surface area contributed by atoms with E-state index >= 15 is 0 Å². The molecule has 10 heteroatoms. The van der Waals surface area contributed by atoms with Crippen LogP contribution in [-0.2, 0) is 24.0 Å². The van der Waals surface area contributed by atoms with Crippen LogP contribution in [0.1, 0.15) is 27.0 Å². The number of alkyl halides is 3. The molecule has 7 nitrogen and oxygen atoms in total. The molecule has 0 bridgehead atoms. The third kappa shape index (κ3) is 5.45. The maximum Gasteiger partial charge on any atom is 0.416 e. The third-order valence-electron chi connectivity index (χ3n) is 6.39. The molecule has 192 valence electrons. The lowest BCUT2D eigenvalue weighted by molar-refractivity contribution is -0.138. The van der Waals surface area contributed by atoms with Crippen LogP contribution in [0.15, 0.2) is 60.8 Å². The van der Waals surface area contributed by atoms with E-state index in [9.17, 15) is 23.1 Å². The standard InChI is InChI=1S/C27H25F3N4O3/c28-27(29,30)21-4-2-1-3-19(21)15-32-25(35)18-6-8-22-20(13-18)24(26(36)33-22)23-7-5-17(14-31-23)16-34-9-11-37-12-10-34/h1-8,13-14,33,36H,9-12,15-16H2,(H,32,35). The van der Waals surface area contributed by atoms with E-state index in [2.05, 4.69) is 20.2 Å². The summed E-state index contributed by atoms with van der Waals surface area (Å²) >= 11 is 0. The number of carbonyl (C=O) groups excluding carboxylic acids is 1. The number of benzene rings is 2. The number of aromatic amines is 1. The first-order chi connectivity index (χ1) is 17.8. The Kier molecular flexibility index (Phi) is 6.86. The molecule has 4 aromatic rings. The molecule has 3 heterocycles. The molecule has 0 aliphatic carbocycles. The third-order valence-corrected chi connectivity index (χ3v) is 6.39. The lowest BCUT2D eigenvalue weighted by atomic mass is 10.0. The summed E-state index contributed by atoms with van der Waals surface area (Å²) in [6.07, 6.45) is -2.75. The molecule has 0 saturated carbocycles. The second-order valence-corrected chi connectivity index (χ2v) is 8.89. The van der Waals surface area contributed by atoms with E-state index in [1.807, 2.05) is 12.1 Å². The summed E-state index contributed by atoms with van der Waals surface area (Å²) in [6.45, 7) is 3.61. The van der Waals surface area contributed by atoms with Crippen LogP contribution in [-0.4, -0.2) is 52.2 Å². The molecular formula is C27H25F3N4O3. The molecular weight excluding hydrogens is 485 g/mol. The number of aromatic hydroxyl groups is 1. The van der Waals surface area contributed by atoms with E-state index in [0.717, 1.165) is 31.3 Å². The van der Waals surface area contributed by atoms with Gasteiger partial charge in [0.05, 0.1) is 30.0 Å². The van der Waals surface area contributed by atoms with Gasteiger partial charge in [-0.05, 0) is 41.5 Å². The quantitative estimate of drug-likeness (QED) is 0.349. The van der Waals surface area contributed by atoms with Gasteiger partial charge in [-0.1, -0.05) is 24.3 Å². The minimum atomic E-state index is -4.51.